The van der Waals surface area contributed by atoms with E-state index in [1.54, 1.807) is 0 Å². The summed E-state index contributed by atoms with van der Waals surface area (Å²) in [4.78, 5) is 19.6. The molecule has 2 heterocycles. The van der Waals surface area contributed by atoms with Crippen molar-refractivity contribution in [3.8, 4) is 6.07 Å². The summed E-state index contributed by atoms with van der Waals surface area (Å²) in [5.41, 5.74) is 1.85. The van der Waals surface area contributed by atoms with Crippen LogP contribution in [0.2, 0.25) is 0 Å². The number of benzene rings is 1. The smallest absolute Gasteiger partial charge is 0.317 e. The Balaban J connectivity index is 1.16. The predicted molar refractivity (Wildman–Crippen MR) is 120 cm³/mol. The number of nitrogens with one attached hydrogen (secondary N) is 1. The molecule has 0 aromatic heterocycles. The van der Waals surface area contributed by atoms with Crippen LogP contribution in [-0.4, -0.2) is 67.7 Å². The first-order valence-electron chi connectivity index (χ1n) is 11.7. The zero-order valence-electron chi connectivity index (χ0n) is 18.1. The van der Waals surface area contributed by atoms with Crippen LogP contribution in [0.1, 0.15) is 50.5 Å². The molecule has 1 aromatic rings. The molecule has 162 valence electrons. The van der Waals surface area contributed by atoms with Gasteiger partial charge in [-0.2, -0.15) is 5.26 Å². The van der Waals surface area contributed by atoms with Gasteiger partial charge in [0.25, 0.3) is 0 Å². The number of carbonyl (C=O) groups excluding carboxylic acids is 1. The van der Waals surface area contributed by atoms with Gasteiger partial charge in [-0.15, -0.1) is 0 Å². The maximum atomic E-state index is 12.7. The van der Waals surface area contributed by atoms with Crippen molar-refractivity contribution in [2.75, 3.05) is 50.7 Å². The number of rotatable bonds is 4. The number of amides is 2. The number of anilines is 1. The number of nitriles is 1. The number of hydrogen-bond acceptors (Lipinski definition) is 4. The molecule has 2 aliphatic heterocycles. The zero-order valence-corrected chi connectivity index (χ0v) is 18.1. The van der Waals surface area contributed by atoms with E-state index in [4.69, 9.17) is 5.26 Å². The Bertz CT molecular complexity index is 721. The first-order valence-corrected chi connectivity index (χ1v) is 11.7. The molecule has 2 amide bonds. The highest BCUT2D eigenvalue weighted by Gasteiger charge is 2.26. The molecular weight excluding hydrogens is 374 g/mol. The van der Waals surface area contributed by atoms with Crippen molar-refractivity contribution >= 4 is 11.7 Å². The van der Waals surface area contributed by atoms with E-state index in [2.05, 4.69) is 21.2 Å². The molecule has 0 unspecified atom stereocenters. The van der Waals surface area contributed by atoms with Crippen molar-refractivity contribution in [1.29, 1.82) is 5.26 Å². The molecule has 0 bridgehead atoms. The third kappa shape index (κ3) is 5.46. The molecular formula is C24H35N5O. The summed E-state index contributed by atoms with van der Waals surface area (Å²) in [6, 6.07) is 10.3. The van der Waals surface area contributed by atoms with Crippen molar-refractivity contribution in [1.82, 2.24) is 15.1 Å². The van der Waals surface area contributed by atoms with E-state index in [0.29, 0.717) is 5.56 Å². The Morgan fingerprint density at radius 3 is 2.23 bits per heavy atom. The molecule has 1 aromatic carbocycles. The number of carbonyl (C=O) groups is 1. The molecule has 1 N–H and O–H groups in total. The van der Waals surface area contributed by atoms with Crippen LogP contribution in [0.5, 0.6) is 0 Å². The fourth-order valence-corrected chi connectivity index (χ4v) is 5.16. The third-order valence-corrected chi connectivity index (χ3v) is 7.08. The van der Waals surface area contributed by atoms with Crippen molar-refractivity contribution in [3.63, 3.8) is 0 Å². The largest absolute Gasteiger partial charge is 0.371 e. The van der Waals surface area contributed by atoms with Crippen LogP contribution >= 0.6 is 0 Å². The second-order valence-corrected chi connectivity index (χ2v) is 9.16. The Labute approximate surface area is 180 Å². The van der Waals surface area contributed by atoms with Crippen molar-refractivity contribution in [3.05, 3.63) is 29.8 Å². The first-order chi connectivity index (χ1) is 14.7. The minimum atomic E-state index is 0.115. The summed E-state index contributed by atoms with van der Waals surface area (Å²) in [5, 5.41) is 12.2. The van der Waals surface area contributed by atoms with Crippen LogP contribution in [0.4, 0.5) is 10.5 Å². The van der Waals surface area contributed by atoms with E-state index in [-0.39, 0.29) is 12.1 Å². The van der Waals surface area contributed by atoms with Gasteiger partial charge in [0.05, 0.1) is 11.6 Å². The fraction of sp³-hybridized carbons (Fsp3) is 0.667. The maximum Gasteiger partial charge on any atom is 0.317 e. The normalized spacial score (nSPS) is 22.0. The molecule has 4 rings (SSSR count). The van der Waals surface area contributed by atoms with Gasteiger partial charge in [-0.1, -0.05) is 19.3 Å². The van der Waals surface area contributed by atoms with Crippen LogP contribution in [0.15, 0.2) is 24.3 Å². The Morgan fingerprint density at radius 2 is 1.60 bits per heavy atom. The monoisotopic (exact) mass is 409 g/mol. The van der Waals surface area contributed by atoms with E-state index in [0.717, 1.165) is 63.7 Å². The predicted octanol–water partition coefficient (Wildman–Crippen LogP) is 3.43. The molecule has 6 heteroatoms. The number of urea groups is 1. The molecule has 3 fully saturated rings. The standard InChI is InChI=1S/C24H35N5O/c25-18-20-6-8-23(9-7-20)28-12-10-22(11-13-28)26-24(30)29-16-14-27(15-17-29)19-21-4-2-1-3-5-21/h6-9,21-22H,1-5,10-17,19H2,(H,26,30). The Kier molecular flexibility index (Phi) is 7.11. The Hall–Kier alpha value is -2.26. The molecule has 1 saturated carbocycles. The molecule has 0 atom stereocenters. The van der Waals surface area contributed by atoms with Gasteiger partial charge in [-0.05, 0) is 55.9 Å². The summed E-state index contributed by atoms with van der Waals surface area (Å²) in [6.07, 6.45) is 8.93. The number of piperazine rings is 1. The lowest BCUT2D eigenvalue weighted by atomic mass is 9.89. The number of piperidine rings is 1. The highest BCUT2D eigenvalue weighted by Crippen LogP contribution is 2.25. The molecule has 3 aliphatic rings. The SMILES string of the molecule is N#Cc1ccc(N2CCC(NC(=O)N3CCN(CC4CCCCC4)CC3)CC2)cc1. The van der Waals surface area contributed by atoms with Gasteiger partial charge >= 0.3 is 6.03 Å². The lowest BCUT2D eigenvalue weighted by molar-refractivity contribution is 0.117. The van der Waals surface area contributed by atoms with Crippen LogP contribution in [0.25, 0.3) is 0 Å². The van der Waals surface area contributed by atoms with Crippen LogP contribution in [0.3, 0.4) is 0 Å². The van der Waals surface area contributed by atoms with Gasteiger partial charge in [-0.3, -0.25) is 4.90 Å². The van der Waals surface area contributed by atoms with Gasteiger partial charge in [0.2, 0.25) is 0 Å². The van der Waals surface area contributed by atoms with Crippen molar-refractivity contribution in [2.45, 2.75) is 51.0 Å². The quantitative estimate of drug-likeness (QED) is 0.828. The van der Waals surface area contributed by atoms with Crippen LogP contribution < -0.4 is 10.2 Å². The zero-order chi connectivity index (χ0) is 20.8. The Morgan fingerprint density at radius 1 is 0.933 bits per heavy atom. The van der Waals surface area contributed by atoms with Crippen LogP contribution in [-0.2, 0) is 0 Å². The second-order valence-electron chi connectivity index (χ2n) is 9.16. The van der Waals surface area contributed by atoms with Gasteiger partial charge in [0.1, 0.15) is 0 Å². The maximum absolute atomic E-state index is 12.7. The van der Waals surface area contributed by atoms with Gasteiger partial charge in [-0.25, -0.2) is 4.79 Å². The summed E-state index contributed by atoms with van der Waals surface area (Å²) >= 11 is 0. The van der Waals surface area contributed by atoms with Crippen molar-refractivity contribution in [2.24, 2.45) is 5.92 Å². The second kappa shape index (κ2) is 10.2. The van der Waals surface area contributed by atoms with Gasteiger partial charge < -0.3 is 15.1 Å². The van der Waals surface area contributed by atoms with Gasteiger partial charge in [0.15, 0.2) is 0 Å². The average molecular weight is 410 g/mol. The number of hydrogen-bond donors (Lipinski definition) is 1. The molecule has 1 aliphatic carbocycles. The average Bonchev–Trinajstić information content (AvgIpc) is 2.81. The van der Waals surface area contributed by atoms with E-state index < -0.39 is 0 Å². The fourth-order valence-electron chi connectivity index (χ4n) is 5.16. The van der Waals surface area contributed by atoms with E-state index in [9.17, 15) is 4.79 Å². The summed E-state index contributed by atoms with van der Waals surface area (Å²) in [7, 11) is 0. The van der Waals surface area contributed by atoms with Crippen molar-refractivity contribution < 1.29 is 4.79 Å². The molecule has 2 saturated heterocycles. The van der Waals surface area contributed by atoms with E-state index in [1.807, 2.05) is 29.2 Å². The summed E-state index contributed by atoms with van der Waals surface area (Å²) < 4.78 is 0. The minimum absolute atomic E-state index is 0.115. The first kappa shape index (κ1) is 21.0. The highest BCUT2D eigenvalue weighted by molar-refractivity contribution is 5.74. The number of nitrogens with zero attached hydrogens (tertiary/aromatic N) is 4. The van der Waals surface area contributed by atoms with Gasteiger partial charge in [0, 0.05) is 57.5 Å². The van der Waals surface area contributed by atoms with E-state index >= 15 is 0 Å². The summed E-state index contributed by atoms with van der Waals surface area (Å²) in [6.45, 7) is 6.83. The van der Waals surface area contributed by atoms with E-state index in [1.165, 1.54) is 38.6 Å². The minimum Gasteiger partial charge on any atom is -0.371 e. The third-order valence-electron chi connectivity index (χ3n) is 7.08. The highest BCUT2D eigenvalue weighted by atomic mass is 16.2. The van der Waals surface area contributed by atoms with Crippen LogP contribution in [0, 0.1) is 17.2 Å². The summed E-state index contributed by atoms with van der Waals surface area (Å²) in [5.74, 6) is 0.875. The molecule has 30 heavy (non-hydrogen) atoms. The molecule has 6 nitrogen and oxygen atoms in total. The molecule has 0 spiro atoms. The lowest BCUT2D eigenvalue weighted by Crippen LogP contribution is -2.55. The lowest BCUT2D eigenvalue weighted by Gasteiger charge is -2.39. The molecule has 0 radical (unpaired) electrons. The topological polar surface area (TPSA) is 62.6 Å².